The van der Waals surface area contributed by atoms with Gasteiger partial charge in [0.05, 0.1) is 19.1 Å². The van der Waals surface area contributed by atoms with Gasteiger partial charge in [0.15, 0.2) is 0 Å². The topological polar surface area (TPSA) is 58.7 Å². The highest BCUT2D eigenvalue weighted by Crippen LogP contribution is 1.93. The second-order valence-corrected chi connectivity index (χ2v) is 1.71. The third-order valence-corrected chi connectivity index (χ3v) is 1.10. The predicted octanol–water partition coefficient (Wildman–Crippen LogP) is -0.0463. The SMILES string of the molecule is N#Cc1cncn1CC=O. The van der Waals surface area contributed by atoms with Gasteiger partial charge in [-0.1, -0.05) is 0 Å². The highest BCUT2D eigenvalue weighted by atomic mass is 16.1. The summed E-state index contributed by atoms with van der Waals surface area (Å²) in [5.41, 5.74) is 0.409. The standard InChI is InChI=1S/C6H5N3O/c7-3-6-4-8-5-9(6)1-2-10/h2,4-5H,1H2. The highest BCUT2D eigenvalue weighted by molar-refractivity contribution is 5.49. The molecule has 1 rings (SSSR count). The first-order valence-corrected chi connectivity index (χ1v) is 2.72. The van der Waals surface area contributed by atoms with Gasteiger partial charge in [0, 0.05) is 0 Å². The molecule has 0 spiro atoms. The summed E-state index contributed by atoms with van der Waals surface area (Å²) in [5, 5.41) is 8.41. The number of aldehydes is 1. The molecule has 0 N–H and O–H groups in total. The van der Waals surface area contributed by atoms with E-state index in [1.807, 2.05) is 6.07 Å². The summed E-state index contributed by atoms with van der Waals surface area (Å²) < 4.78 is 1.48. The number of nitriles is 1. The summed E-state index contributed by atoms with van der Waals surface area (Å²) in [5.74, 6) is 0. The molecular formula is C6H5N3O. The Morgan fingerprint density at radius 3 is 3.30 bits per heavy atom. The minimum absolute atomic E-state index is 0.197. The van der Waals surface area contributed by atoms with Gasteiger partial charge in [-0.3, -0.25) is 0 Å². The van der Waals surface area contributed by atoms with Crippen LogP contribution in [-0.2, 0) is 11.3 Å². The van der Waals surface area contributed by atoms with Gasteiger partial charge in [0.1, 0.15) is 18.0 Å². The van der Waals surface area contributed by atoms with Crippen LogP contribution in [0, 0.1) is 11.3 Å². The predicted molar refractivity (Wildman–Crippen MR) is 33.0 cm³/mol. The van der Waals surface area contributed by atoms with E-state index < -0.39 is 0 Å². The van der Waals surface area contributed by atoms with Crippen molar-refractivity contribution in [3.05, 3.63) is 18.2 Å². The van der Waals surface area contributed by atoms with Gasteiger partial charge in [-0.15, -0.1) is 0 Å². The van der Waals surface area contributed by atoms with Gasteiger partial charge >= 0.3 is 0 Å². The molecule has 4 heteroatoms. The van der Waals surface area contributed by atoms with Gasteiger partial charge in [-0.25, -0.2) is 4.98 Å². The van der Waals surface area contributed by atoms with Crippen molar-refractivity contribution in [1.29, 1.82) is 5.26 Å². The molecule has 0 atom stereocenters. The molecule has 1 heterocycles. The van der Waals surface area contributed by atoms with Crippen molar-refractivity contribution in [3.8, 4) is 6.07 Å². The van der Waals surface area contributed by atoms with E-state index in [4.69, 9.17) is 5.26 Å². The Balaban J connectivity index is 2.92. The summed E-state index contributed by atoms with van der Waals surface area (Å²) in [7, 11) is 0. The first-order chi connectivity index (χ1) is 4.88. The maximum Gasteiger partial charge on any atom is 0.140 e. The lowest BCUT2D eigenvalue weighted by molar-refractivity contribution is -0.108. The zero-order valence-electron chi connectivity index (χ0n) is 5.19. The second-order valence-electron chi connectivity index (χ2n) is 1.71. The van der Waals surface area contributed by atoms with Crippen molar-refractivity contribution in [2.45, 2.75) is 6.54 Å². The molecule has 0 bridgehead atoms. The summed E-state index contributed by atoms with van der Waals surface area (Å²) in [6.07, 6.45) is 3.60. The molecule has 0 saturated carbocycles. The van der Waals surface area contributed by atoms with Crippen LogP contribution in [0.5, 0.6) is 0 Å². The lowest BCUT2D eigenvalue weighted by Crippen LogP contribution is -1.98. The maximum absolute atomic E-state index is 9.98. The van der Waals surface area contributed by atoms with Crippen LogP contribution < -0.4 is 0 Å². The molecule has 0 amide bonds. The van der Waals surface area contributed by atoms with E-state index in [0.29, 0.717) is 5.69 Å². The van der Waals surface area contributed by atoms with E-state index in [-0.39, 0.29) is 6.54 Å². The lowest BCUT2D eigenvalue weighted by atomic mass is 10.5. The number of rotatable bonds is 2. The van der Waals surface area contributed by atoms with E-state index in [9.17, 15) is 4.79 Å². The molecule has 0 aromatic carbocycles. The molecule has 50 valence electrons. The van der Waals surface area contributed by atoms with Crippen molar-refractivity contribution >= 4 is 6.29 Å². The van der Waals surface area contributed by atoms with E-state index in [0.717, 1.165) is 6.29 Å². The van der Waals surface area contributed by atoms with Crippen molar-refractivity contribution in [2.24, 2.45) is 0 Å². The third kappa shape index (κ3) is 1.03. The van der Waals surface area contributed by atoms with Gasteiger partial charge in [0.2, 0.25) is 0 Å². The summed E-state index contributed by atoms with van der Waals surface area (Å²) in [6, 6.07) is 1.90. The van der Waals surface area contributed by atoms with Crippen molar-refractivity contribution in [1.82, 2.24) is 9.55 Å². The van der Waals surface area contributed by atoms with E-state index in [2.05, 4.69) is 4.98 Å². The fourth-order valence-corrected chi connectivity index (χ4v) is 0.640. The molecule has 0 radical (unpaired) electrons. The van der Waals surface area contributed by atoms with Crippen LogP contribution in [0.25, 0.3) is 0 Å². The second kappa shape index (κ2) is 2.78. The maximum atomic E-state index is 9.98. The number of imidazole rings is 1. The number of carbonyl (C=O) groups is 1. The van der Waals surface area contributed by atoms with E-state index >= 15 is 0 Å². The number of nitrogens with zero attached hydrogens (tertiary/aromatic N) is 3. The molecule has 4 nitrogen and oxygen atoms in total. The van der Waals surface area contributed by atoms with Crippen LogP contribution in [0.4, 0.5) is 0 Å². The van der Waals surface area contributed by atoms with Crippen LogP contribution in [0.3, 0.4) is 0 Å². The van der Waals surface area contributed by atoms with Crippen LogP contribution in [-0.4, -0.2) is 15.8 Å². The molecule has 0 unspecified atom stereocenters. The molecular weight excluding hydrogens is 130 g/mol. The Labute approximate surface area is 57.7 Å². The van der Waals surface area contributed by atoms with Crippen molar-refractivity contribution in [2.75, 3.05) is 0 Å². The van der Waals surface area contributed by atoms with Gasteiger partial charge in [-0.2, -0.15) is 5.26 Å². The van der Waals surface area contributed by atoms with Crippen molar-refractivity contribution in [3.63, 3.8) is 0 Å². The van der Waals surface area contributed by atoms with Gasteiger partial charge in [0.25, 0.3) is 0 Å². The van der Waals surface area contributed by atoms with Crippen LogP contribution >= 0.6 is 0 Å². The zero-order valence-corrected chi connectivity index (χ0v) is 5.19. The highest BCUT2D eigenvalue weighted by Gasteiger charge is 1.96. The Bertz CT molecular complexity index is 271. The fourth-order valence-electron chi connectivity index (χ4n) is 0.640. The zero-order chi connectivity index (χ0) is 7.40. The van der Waals surface area contributed by atoms with E-state index in [1.165, 1.54) is 17.1 Å². The first kappa shape index (κ1) is 6.49. The first-order valence-electron chi connectivity index (χ1n) is 2.72. The largest absolute Gasteiger partial charge is 0.315 e. The Morgan fingerprint density at radius 2 is 2.70 bits per heavy atom. The molecule has 0 fully saturated rings. The molecule has 1 aromatic heterocycles. The Morgan fingerprint density at radius 1 is 1.90 bits per heavy atom. The van der Waals surface area contributed by atoms with Crippen LogP contribution in [0.2, 0.25) is 0 Å². The minimum Gasteiger partial charge on any atom is -0.315 e. The average Bonchev–Trinajstić information content (AvgIpc) is 2.36. The van der Waals surface area contributed by atoms with Crippen LogP contribution in [0.15, 0.2) is 12.5 Å². The Hall–Kier alpha value is -1.63. The molecule has 10 heavy (non-hydrogen) atoms. The molecule has 0 saturated heterocycles. The molecule has 1 aromatic rings. The number of hydrogen-bond acceptors (Lipinski definition) is 3. The fraction of sp³-hybridized carbons (Fsp3) is 0.167. The number of hydrogen-bond donors (Lipinski definition) is 0. The molecule has 0 aliphatic rings. The van der Waals surface area contributed by atoms with Gasteiger partial charge < -0.3 is 9.36 Å². The monoisotopic (exact) mass is 135 g/mol. The smallest absolute Gasteiger partial charge is 0.140 e. The normalized spacial score (nSPS) is 8.70. The third-order valence-electron chi connectivity index (χ3n) is 1.10. The number of carbonyl (C=O) groups excluding carboxylic acids is 1. The molecule has 0 aliphatic carbocycles. The Kier molecular flexibility index (Phi) is 1.80. The summed E-state index contributed by atoms with van der Waals surface area (Å²) in [6.45, 7) is 0.197. The molecule has 0 aliphatic heterocycles. The van der Waals surface area contributed by atoms with Crippen LogP contribution in [0.1, 0.15) is 5.69 Å². The lowest BCUT2D eigenvalue weighted by Gasteiger charge is -1.92. The summed E-state index contributed by atoms with van der Waals surface area (Å²) >= 11 is 0. The van der Waals surface area contributed by atoms with E-state index in [1.54, 1.807) is 0 Å². The number of aromatic nitrogens is 2. The summed E-state index contributed by atoms with van der Waals surface area (Å²) in [4.78, 5) is 13.7. The minimum atomic E-state index is 0.197. The quantitative estimate of drug-likeness (QED) is 0.534. The van der Waals surface area contributed by atoms with Gasteiger partial charge in [-0.05, 0) is 0 Å². The average molecular weight is 135 g/mol. The van der Waals surface area contributed by atoms with Crippen molar-refractivity contribution < 1.29 is 4.79 Å².